The number of hydrogen-bond acceptors (Lipinski definition) is 3. The van der Waals surface area contributed by atoms with Gasteiger partial charge in [-0.1, -0.05) is 32.1 Å². The average molecular weight is 304 g/mol. The van der Waals surface area contributed by atoms with Crippen LogP contribution in [0.25, 0.3) is 0 Å². The number of benzene rings is 1. The fraction of sp³-hybridized carbons (Fsp3) is 0.500. The van der Waals surface area contributed by atoms with Gasteiger partial charge < -0.3 is 4.90 Å². The maximum atomic E-state index is 11.3. The number of hydroxylamine groups is 1. The molecule has 0 atom stereocenters. The smallest absolute Gasteiger partial charge is 0.274 e. The number of nitrogens with one attached hydrogen (secondary N) is 1. The van der Waals surface area contributed by atoms with E-state index in [9.17, 15) is 4.79 Å². The fourth-order valence-electron chi connectivity index (χ4n) is 2.90. The van der Waals surface area contributed by atoms with Crippen LogP contribution in [0.4, 0.5) is 0 Å². The quantitative estimate of drug-likeness (QED) is 0.416. The third kappa shape index (κ3) is 4.97. The Morgan fingerprint density at radius 1 is 1.32 bits per heavy atom. The van der Waals surface area contributed by atoms with E-state index in [1.165, 1.54) is 0 Å². The zero-order valence-corrected chi connectivity index (χ0v) is 13.9. The maximum absolute atomic E-state index is 11.3. The van der Waals surface area contributed by atoms with Crippen molar-refractivity contribution in [2.75, 3.05) is 13.6 Å². The summed E-state index contributed by atoms with van der Waals surface area (Å²) in [4.78, 5) is 13.6. The van der Waals surface area contributed by atoms with E-state index in [4.69, 9.17) is 5.21 Å². The summed E-state index contributed by atoms with van der Waals surface area (Å²) in [6.45, 7) is 10.2. The molecule has 1 amide bonds. The number of nitrogens with zero attached hydrogens (tertiary/aromatic N) is 1. The fourth-order valence-corrected chi connectivity index (χ4v) is 2.90. The van der Waals surface area contributed by atoms with E-state index >= 15 is 0 Å². The van der Waals surface area contributed by atoms with Gasteiger partial charge in [0.15, 0.2) is 0 Å². The molecule has 0 aliphatic carbocycles. The molecule has 0 saturated carbocycles. The first-order chi connectivity index (χ1) is 10.5. The molecule has 0 bridgehead atoms. The minimum Gasteiger partial charge on any atom is -0.302 e. The summed E-state index contributed by atoms with van der Waals surface area (Å²) in [5, 5.41) is 8.62. The van der Waals surface area contributed by atoms with Crippen molar-refractivity contribution in [2.45, 2.75) is 39.7 Å². The third-order valence-corrected chi connectivity index (χ3v) is 4.45. The van der Waals surface area contributed by atoms with Gasteiger partial charge in [0.05, 0.1) is 0 Å². The van der Waals surface area contributed by atoms with E-state index in [-0.39, 0.29) is 5.41 Å². The van der Waals surface area contributed by atoms with Crippen molar-refractivity contribution in [3.63, 3.8) is 0 Å². The summed E-state index contributed by atoms with van der Waals surface area (Å²) in [5.41, 5.74) is 3.53. The Morgan fingerprint density at radius 3 is 2.36 bits per heavy atom. The predicted molar refractivity (Wildman–Crippen MR) is 89.9 cm³/mol. The van der Waals surface area contributed by atoms with Gasteiger partial charge in [0.2, 0.25) is 0 Å². The van der Waals surface area contributed by atoms with E-state index in [1.807, 2.05) is 18.2 Å². The van der Waals surface area contributed by atoms with Crippen LogP contribution in [-0.2, 0) is 6.54 Å². The molecule has 0 aliphatic rings. The Hall–Kier alpha value is -1.65. The number of hydrogen-bond donors (Lipinski definition) is 2. The highest BCUT2D eigenvalue weighted by atomic mass is 16.5. The molecule has 2 N–H and O–H groups in total. The molecular weight excluding hydrogens is 276 g/mol. The first kappa shape index (κ1) is 18.4. The molecule has 0 fully saturated rings. The van der Waals surface area contributed by atoms with Crippen molar-refractivity contribution >= 4 is 5.91 Å². The van der Waals surface area contributed by atoms with E-state index in [0.717, 1.165) is 37.9 Å². The molecule has 0 heterocycles. The van der Waals surface area contributed by atoms with Gasteiger partial charge >= 0.3 is 0 Å². The zero-order valence-electron chi connectivity index (χ0n) is 13.9. The van der Waals surface area contributed by atoms with Gasteiger partial charge in [-0.05, 0) is 49.4 Å². The van der Waals surface area contributed by atoms with Gasteiger partial charge in [0, 0.05) is 18.7 Å². The van der Waals surface area contributed by atoms with Crippen LogP contribution in [0.15, 0.2) is 36.9 Å². The van der Waals surface area contributed by atoms with Crippen LogP contribution in [0, 0.1) is 5.41 Å². The molecule has 0 saturated heterocycles. The van der Waals surface area contributed by atoms with E-state index in [1.54, 1.807) is 17.6 Å². The molecule has 0 unspecified atom stereocenters. The Morgan fingerprint density at radius 2 is 1.91 bits per heavy atom. The molecule has 4 heteroatoms. The number of rotatable bonds is 9. The summed E-state index contributed by atoms with van der Waals surface area (Å²) < 4.78 is 0. The number of carbonyl (C=O) groups excluding carboxylic acids is 1. The Kier molecular flexibility index (Phi) is 7.28. The standard InChI is InChI=1S/C18H28N2O2/c1-5-12-18(6-2,7-3)14-20(4)13-15-8-10-16(11-9-15)17(21)19-22/h5,8-11,22H,1,6-7,12-14H2,2-4H3,(H,19,21). The van der Waals surface area contributed by atoms with Gasteiger partial charge in [0.25, 0.3) is 5.91 Å². The van der Waals surface area contributed by atoms with E-state index in [2.05, 4.69) is 32.4 Å². The van der Waals surface area contributed by atoms with Crippen molar-refractivity contribution in [3.05, 3.63) is 48.0 Å². The molecule has 122 valence electrons. The number of allylic oxidation sites excluding steroid dienone is 1. The van der Waals surface area contributed by atoms with Gasteiger partial charge in [-0.25, -0.2) is 5.48 Å². The van der Waals surface area contributed by atoms with Crippen LogP contribution in [0.5, 0.6) is 0 Å². The highest BCUT2D eigenvalue weighted by Crippen LogP contribution is 2.32. The highest BCUT2D eigenvalue weighted by molar-refractivity contribution is 5.93. The van der Waals surface area contributed by atoms with Crippen LogP contribution in [-0.4, -0.2) is 29.6 Å². The molecule has 0 aliphatic heterocycles. The minimum atomic E-state index is -0.484. The largest absolute Gasteiger partial charge is 0.302 e. The lowest BCUT2D eigenvalue weighted by molar-refractivity contribution is 0.0706. The van der Waals surface area contributed by atoms with Crippen LogP contribution < -0.4 is 5.48 Å². The van der Waals surface area contributed by atoms with Crippen LogP contribution in [0.3, 0.4) is 0 Å². The molecule has 4 nitrogen and oxygen atoms in total. The van der Waals surface area contributed by atoms with Gasteiger partial charge in [0.1, 0.15) is 0 Å². The Labute approximate surface area is 133 Å². The van der Waals surface area contributed by atoms with Gasteiger partial charge in [-0.15, -0.1) is 6.58 Å². The summed E-state index contributed by atoms with van der Waals surface area (Å²) in [6.07, 6.45) is 5.31. The lowest BCUT2D eigenvalue weighted by atomic mass is 9.78. The lowest BCUT2D eigenvalue weighted by Gasteiger charge is -2.35. The Bertz CT molecular complexity index is 478. The third-order valence-electron chi connectivity index (χ3n) is 4.45. The predicted octanol–water partition coefficient (Wildman–Crippen LogP) is 3.62. The van der Waals surface area contributed by atoms with Crippen molar-refractivity contribution in [1.29, 1.82) is 0 Å². The number of amides is 1. The van der Waals surface area contributed by atoms with Crippen molar-refractivity contribution in [1.82, 2.24) is 10.4 Å². The summed E-state index contributed by atoms with van der Waals surface area (Å²) in [5.74, 6) is -0.484. The molecule has 0 radical (unpaired) electrons. The van der Waals surface area contributed by atoms with Crippen LogP contribution in [0.2, 0.25) is 0 Å². The maximum Gasteiger partial charge on any atom is 0.274 e. The monoisotopic (exact) mass is 304 g/mol. The average Bonchev–Trinajstić information content (AvgIpc) is 2.54. The van der Waals surface area contributed by atoms with E-state index < -0.39 is 5.91 Å². The topological polar surface area (TPSA) is 52.6 Å². The summed E-state index contributed by atoms with van der Waals surface area (Å²) >= 11 is 0. The highest BCUT2D eigenvalue weighted by Gasteiger charge is 2.26. The van der Waals surface area contributed by atoms with Gasteiger partial charge in [-0.2, -0.15) is 0 Å². The van der Waals surface area contributed by atoms with Crippen molar-refractivity contribution < 1.29 is 10.0 Å². The Balaban J connectivity index is 2.69. The molecule has 0 aromatic heterocycles. The normalized spacial score (nSPS) is 11.5. The van der Waals surface area contributed by atoms with Crippen LogP contribution in [0.1, 0.15) is 49.0 Å². The second-order valence-corrected chi connectivity index (χ2v) is 6.01. The van der Waals surface area contributed by atoms with Crippen molar-refractivity contribution in [3.8, 4) is 0 Å². The molecule has 1 rings (SSSR count). The van der Waals surface area contributed by atoms with E-state index in [0.29, 0.717) is 5.56 Å². The first-order valence-corrected chi connectivity index (χ1v) is 7.83. The summed E-state index contributed by atoms with van der Waals surface area (Å²) in [6, 6.07) is 7.30. The second kappa shape index (κ2) is 8.71. The summed E-state index contributed by atoms with van der Waals surface area (Å²) in [7, 11) is 2.12. The molecule has 22 heavy (non-hydrogen) atoms. The van der Waals surface area contributed by atoms with Gasteiger partial charge in [-0.3, -0.25) is 10.0 Å². The minimum absolute atomic E-state index is 0.285. The van der Waals surface area contributed by atoms with Crippen molar-refractivity contribution in [2.24, 2.45) is 5.41 Å². The second-order valence-electron chi connectivity index (χ2n) is 6.01. The van der Waals surface area contributed by atoms with Crippen LogP contribution >= 0.6 is 0 Å². The molecular formula is C18H28N2O2. The SMILES string of the molecule is C=CCC(CC)(CC)CN(C)Cc1ccc(C(=O)NO)cc1. The first-order valence-electron chi connectivity index (χ1n) is 7.83. The molecule has 0 spiro atoms. The molecule has 1 aromatic rings. The lowest BCUT2D eigenvalue weighted by Crippen LogP contribution is -2.34. The molecule has 1 aromatic carbocycles. The number of carbonyl (C=O) groups is 1. The zero-order chi connectivity index (χ0) is 16.6.